The third-order valence-corrected chi connectivity index (χ3v) is 4.90. The van der Waals surface area contributed by atoms with Gasteiger partial charge in [-0.2, -0.15) is 0 Å². The van der Waals surface area contributed by atoms with Gasteiger partial charge in [0, 0.05) is 14.9 Å². The number of alkyl halides is 1. The summed E-state index contributed by atoms with van der Waals surface area (Å²) in [5.74, 6) is -0.844. The zero-order chi connectivity index (χ0) is 11.1. The van der Waals surface area contributed by atoms with Gasteiger partial charge < -0.3 is 5.11 Å². The van der Waals surface area contributed by atoms with Crippen molar-refractivity contribution < 1.29 is 9.90 Å². The summed E-state index contributed by atoms with van der Waals surface area (Å²) in [5, 5.41) is 8.86. The maximum Gasteiger partial charge on any atom is 0.306 e. The molecule has 0 amide bonds. The Kier molecular flexibility index (Phi) is 3.12. The van der Waals surface area contributed by atoms with Crippen LogP contribution in [-0.2, 0) is 9.24 Å². The molecule has 1 aromatic carbocycles. The average Bonchev–Trinajstić information content (AvgIpc) is 2.44. The molecule has 1 aliphatic heterocycles. The topological polar surface area (TPSA) is 49.3 Å². The number of halogens is 2. The molecule has 2 rings (SSSR count). The first-order valence-electron chi connectivity index (χ1n) is 4.17. The molecule has 15 heavy (non-hydrogen) atoms. The van der Waals surface area contributed by atoms with Crippen LogP contribution in [0.5, 0.6) is 0 Å². The van der Waals surface area contributed by atoms with Gasteiger partial charge in [-0.25, -0.2) is 4.72 Å². The van der Waals surface area contributed by atoms with Crippen LogP contribution < -0.4 is 4.72 Å². The molecule has 1 aromatic rings. The van der Waals surface area contributed by atoms with Crippen LogP contribution in [0.25, 0.3) is 0 Å². The van der Waals surface area contributed by atoms with Crippen molar-refractivity contribution in [2.24, 2.45) is 0 Å². The molecule has 0 saturated heterocycles. The van der Waals surface area contributed by atoms with Crippen LogP contribution >= 0.6 is 43.8 Å². The number of nitrogens with one attached hydrogen (secondary N) is 1. The molecule has 0 saturated carbocycles. The summed E-state index contributed by atoms with van der Waals surface area (Å²) in [6.45, 7) is 0. The maximum atomic E-state index is 10.8. The number of hydrogen-bond donors (Lipinski definition) is 2. The Morgan fingerprint density at radius 2 is 2.33 bits per heavy atom. The highest BCUT2D eigenvalue weighted by molar-refractivity contribution is 9.11. The molecule has 0 spiro atoms. The zero-order valence-corrected chi connectivity index (χ0v) is 11.4. The lowest BCUT2D eigenvalue weighted by molar-refractivity contribution is -0.137. The van der Waals surface area contributed by atoms with Crippen molar-refractivity contribution >= 4 is 49.8 Å². The van der Waals surface area contributed by atoms with Gasteiger partial charge in [0.25, 0.3) is 0 Å². The number of aliphatic carboxylic acids is 1. The molecule has 80 valence electrons. The largest absolute Gasteiger partial charge is 0.481 e. The van der Waals surface area contributed by atoms with Crippen LogP contribution in [0.3, 0.4) is 0 Å². The molecule has 6 heteroatoms. The Labute approximate surface area is 108 Å². The van der Waals surface area contributed by atoms with Gasteiger partial charge in [-0.1, -0.05) is 37.9 Å². The molecular weight excluding hydrogens is 346 g/mol. The normalized spacial score (nSPS) is 23.9. The molecule has 2 N–H and O–H groups in total. The monoisotopic (exact) mass is 351 g/mol. The molecule has 1 unspecified atom stereocenters. The smallest absolute Gasteiger partial charge is 0.306 e. The third kappa shape index (κ3) is 2.08. The summed E-state index contributed by atoms with van der Waals surface area (Å²) in [6.07, 6.45) is -0.00435. The lowest BCUT2D eigenvalue weighted by Gasteiger charge is -2.21. The van der Waals surface area contributed by atoms with E-state index in [1.165, 1.54) is 11.9 Å². The van der Waals surface area contributed by atoms with E-state index < -0.39 is 10.4 Å². The molecule has 1 heterocycles. The Hall–Kier alpha value is -0.0400. The predicted octanol–water partition coefficient (Wildman–Crippen LogP) is 3.08. The number of carbonyl (C=O) groups is 1. The second-order valence-electron chi connectivity index (χ2n) is 3.19. The van der Waals surface area contributed by atoms with E-state index in [2.05, 4.69) is 36.6 Å². The van der Waals surface area contributed by atoms with Gasteiger partial charge in [-0.15, -0.1) is 0 Å². The summed E-state index contributed by atoms with van der Waals surface area (Å²) < 4.78 is 3.32. The van der Waals surface area contributed by atoms with E-state index in [1.54, 1.807) is 0 Å². The van der Waals surface area contributed by atoms with E-state index in [0.29, 0.717) is 0 Å². The lowest BCUT2D eigenvalue weighted by atomic mass is 10.0. The Balaban J connectivity index is 2.46. The number of benzene rings is 1. The first kappa shape index (κ1) is 11.4. The first-order valence-corrected chi connectivity index (χ1v) is 6.57. The summed E-state index contributed by atoms with van der Waals surface area (Å²) >= 11 is 8.33. The van der Waals surface area contributed by atoms with E-state index >= 15 is 0 Å². The van der Waals surface area contributed by atoms with Crippen LogP contribution in [0.4, 0.5) is 0 Å². The molecule has 0 bridgehead atoms. The molecule has 1 aliphatic rings. The molecule has 0 radical (unpaired) electrons. The van der Waals surface area contributed by atoms with Gasteiger partial charge in [0.05, 0.1) is 6.42 Å². The van der Waals surface area contributed by atoms with Crippen molar-refractivity contribution in [1.29, 1.82) is 0 Å². The van der Waals surface area contributed by atoms with Crippen molar-refractivity contribution in [3.8, 4) is 0 Å². The number of rotatable bonds is 2. The minimum Gasteiger partial charge on any atom is -0.481 e. The van der Waals surface area contributed by atoms with Crippen LogP contribution in [0.2, 0.25) is 0 Å². The van der Waals surface area contributed by atoms with Crippen LogP contribution in [0, 0.1) is 0 Å². The number of fused-ring (bicyclic) bond motifs is 1. The van der Waals surface area contributed by atoms with Gasteiger partial charge in [-0.3, -0.25) is 4.79 Å². The third-order valence-electron chi connectivity index (χ3n) is 2.09. The number of carboxylic acids is 1. The van der Waals surface area contributed by atoms with Crippen molar-refractivity contribution in [3.63, 3.8) is 0 Å². The van der Waals surface area contributed by atoms with Crippen molar-refractivity contribution in [2.45, 2.75) is 15.8 Å². The molecule has 0 aromatic heterocycles. The number of carboxylic acid groups (broad SMARTS) is 1. The quantitative estimate of drug-likeness (QED) is 0.488. The maximum absolute atomic E-state index is 10.8. The van der Waals surface area contributed by atoms with Gasteiger partial charge in [0.15, 0.2) is 0 Å². The van der Waals surface area contributed by atoms with Gasteiger partial charge >= 0.3 is 5.97 Å². The van der Waals surface area contributed by atoms with Gasteiger partial charge in [-0.05, 0) is 24.1 Å². The highest BCUT2D eigenvalue weighted by Gasteiger charge is 2.40. The van der Waals surface area contributed by atoms with Gasteiger partial charge in [0.2, 0.25) is 0 Å². The summed E-state index contributed by atoms with van der Waals surface area (Å²) in [6, 6.07) is 5.80. The first-order chi connectivity index (χ1) is 7.03. The average molecular weight is 353 g/mol. The molecular formula is C9H7Br2NO2S. The molecule has 0 fully saturated rings. The Morgan fingerprint density at radius 3 is 3.00 bits per heavy atom. The van der Waals surface area contributed by atoms with Crippen LogP contribution in [-0.4, -0.2) is 11.1 Å². The van der Waals surface area contributed by atoms with Crippen LogP contribution in [0.15, 0.2) is 27.6 Å². The fraction of sp³-hybridized carbons (Fsp3) is 0.222. The summed E-state index contributed by atoms with van der Waals surface area (Å²) in [7, 11) is 0. The van der Waals surface area contributed by atoms with E-state index in [1.807, 2.05) is 18.2 Å². The fourth-order valence-corrected chi connectivity index (χ4v) is 4.62. The highest BCUT2D eigenvalue weighted by Crippen LogP contribution is 2.48. The second kappa shape index (κ2) is 4.08. The highest BCUT2D eigenvalue weighted by atomic mass is 79.9. The fourth-order valence-electron chi connectivity index (χ4n) is 1.49. The SMILES string of the molecule is O=C(O)CC1(Br)NSc2cccc(Br)c21. The standard InChI is InChI=1S/C9H7Br2NO2S/c10-5-2-1-3-6-8(5)9(11,12-15-6)4-7(13)14/h1-3,12H,4H2,(H,13,14). The van der Waals surface area contributed by atoms with Gasteiger partial charge in [0.1, 0.15) is 4.45 Å². The Bertz CT molecular complexity index is 427. The summed E-state index contributed by atoms with van der Waals surface area (Å²) in [4.78, 5) is 11.8. The van der Waals surface area contributed by atoms with Crippen LogP contribution in [0.1, 0.15) is 12.0 Å². The molecule has 1 atom stereocenters. The van der Waals surface area contributed by atoms with E-state index in [4.69, 9.17) is 5.11 Å². The van der Waals surface area contributed by atoms with Crippen molar-refractivity contribution in [1.82, 2.24) is 4.72 Å². The zero-order valence-electron chi connectivity index (χ0n) is 7.46. The van der Waals surface area contributed by atoms with Crippen molar-refractivity contribution in [2.75, 3.05) is 0 Å². The predicted molar refractivity (Wildman–Crippen MR) is 66.0 cm³/mol. The lowest BCUT2D eigenvalue weighted by Crippen LogP contribution is -2.30. The minimum absolute atomic E-state index is 0.00435. The van der Waals surface area contributed by atoms with Crippen molar-refractivity contribution in [3.05, 3.63) is 28.2 Å². The van der Waals surface area contributed by atoms with E-state index in [9.17, 15) is 4.79 Å². The number of hydrogen-bond acceptors (Lipinski definition) is 3. The Morgan fingerprint density at radius 1 is 1.60 bits per heavy atom. The molecule has 0 aliphatic carbocycles. The minimum atomic E-state index is -0.844. The van der Waals surface area contributed by atoms with E-state index in [0.717, 1.165) is 14.9 Å². The molecule has 3 nitrogen and oxygen atoms in total. The van der Waals surface area contributed by atoms with E-state index in [-0.39, 0.29) is 6.42 Å². The summed E-state index contributed by atoms with van der Waals surface area (Å²) in [5.41, 5.74) is 0.956. The second-order valence-corrected chi connectivity index (χ2v) is 6.24.